The van der Waals surface area contributed by atoms with Crippen molar-refractivity contribution in [3.63, 3.8) is 0 Å². The number of halogens is 3. The van der Waals surface area contributed by atoms with Crippen molar-refractivity contribution in [2.24, 2.45) is 4.99 Å². The van der Waals surface area contributed by atoms with Gasteiger partial charge in [-0.15, -0.1) is 0 Å². The standard InChI is InChI=1S/C16H26F3N3O/c1-3-13(2)22-15(20-10-5-4-9-16(17,18)19)21-11-8-14-7-6-12-23-14/h6-7,12-13H,3-5,8-11H2,1-2H3,(H2,20,21,22). The number of nitrogens with one attached hydrogen (secondary N) is 2. The Bertz CT molecular complexity index is 444. The Labute approximate surface area is 135 Å². The van der Waals surface area contributed by atoms with Crippen molar-refractivity contribution in [3.05, 3.63) is 24.2 Å². The fraction of sp³-hybridized carbons (Fsp3) is 0.688. The van der Waals surface area contributed by atoms with E-state index in [-0.39, 0.29) is 12.5 Å². The monoisotopic (exact) mass is 333 g/mol. The second kappa shape index (κ2) is 10.2. The molecule has 1 atom stereocenters. The number of aliphatic imine (C=N–C) groups is 1. The van der Waals surface area contributed by atoms with Gasteiger partial charge >= 0.3 is 6.18 Å². The lowest BCUT2D eigenvalue weighted by Gasteiger charge is -2.17. The van der Waals surface area contributed by atoms with E-state index in [2.05, 4.69) is 22.5 Å². The zero-order chi connectivity index (χ0) is 17.1. The molecule has 2 N–H and O–H groups in total. The van der Waals surface area contributed by atoms with Crippen molar-refractivity contribution >= 4 is 5.96 Å². The second-order valence-electron chi connectivity index (χ2n) is 5.51. The zero-order valence-electron chi connectivity index (χ0n) is 13.7. The molecule has 1 aromatic rings. The van der Waals surface area contributed by atoms with E-state index in [9.17, 15) is 13.2 Å². The molecule has 23 heavy (non-hydrogen) atoms. The summed E-state index contributed by atoms with van der Waals surface area (Å²) in [7, 11) is 0. The van der Waals surface area contributed by atoms with Gasteiger partial charge in [-0.25, -0.2) is 0 Å². The molecule has 0 bridgehead atoms. The average molecular weight is 333 g/mol. The Morgan fingerprint density at radius 1 is 1.35 bits per heavy atom. The smallest absolute Gasteiger partial charge is 0.389 e. The molecule has 7 heteroatoms. The number of alkyl halides is 3. The van der Waals surface area contributed by atoms with Crippen LogP contribution in [0.2, 0.25) is 0 Å². The van der Waals surface area contributed by atoms with Crippen LogP contribution in [-0.4, -0.2) is 31.3 Å². The lowest BCUT2D eigenvalue weighted by Crippen LogP contribution is -2.42. The van der Waals surface area contributed by atoms with Crippen molar-refractivity contribution < 1.29 is 17.6 Å². The Morgan fingerprint density at radius 3 is 2.74 bits per heavy atom. The molecule has 1 heterocycles. The van der Waals surface area contributed by atoms with Gasteiger partial charge in [-0.1, -0.05) is 6.92 Å². The van der Waals surface area contributed by atoms with Gasteiger partial charge in [-0.05, 0) is 38.3 Å². The fourth-order valence-corrected chi connectivity index (χ4v) is 1.88. The number of rotatable bonds is 9. The topological polar surface area (TPSA) is 49.6 Å². The summed E-state index contributed by atoms with van der Waals surface area (Å²) in [5.41, 5.74) is 0. The molecule has 0 aliphatic rings. The van der Waals surface area contributed by atoms with Crippen LogP contribution in [0.15, 0.2) is 27.8 Å². The van der Waals surface area contributed by atoms with E-state index >= 15 is 0 Å². The molecule has 1 unspecified atom stereocenters. The summed E-state index contributed by atoms with van der Waals surface area (Å²) in [5.74, 6) is 1.52. The first-order valence-electron chi connectivity index (χ1n) is 8.04. The Kier molecular flexibility index (Phi) is 8.58. The van der Waals surface area contributed by atoms with Crippen LogP contribution in [0.4, 0.5) is 13.2 Å². The van der Waals surface area contributed by atoms with Crippen LogP contribution in [0.5, 0.6) is 0 Å². The molecule has 4 nitrogen and oxygen atoms in total. The van der Waals surface area contributed by atoms with Gasteiger partial charge in [-0.3, -0.25) is 4.99 Å². The average Bonchev–Trinajstić information content (AvgIpc) is 2.98. The van der Waals surface area contributed by atoms with Crippen molar-refractivity contribution in [1.29, 1.82) is 0 Å². The van der Waals surface area contributed by atoms with Crippen LogP contribution < -0.4 is 10.6 Å². The molecule has 0 amide bonds. The van der Waals surface area contributed by atoms with Crippen LogP contribution >= 0.6 is 0 Å². The van der Waals surface area contributed by atoms with Gasteiger partial charge < -0.3 is 15.1 Å². The van der Waals surface area contributed by atoms with Gasteiger partial charge in [0.25, 0.3) is 0 Å². The molecule has 0 fully saturated rings. The van der Waals surface area contributed by atoms with Crippen LogP contribution in [-0.2, 0) is 6.42 Å². The van der Waals surface area contributed by atoms with Crippen molar-refractivity contribution in [3.8, 4) is 0 Å². The highest BCUT2D eigenvalue weighted by molar-refractivity contribution is 5.80. The number of guanidine groups is 1. The molecule has 1 aromatic heterocycles. The van der Waals surface area contributed by atoms with E-state index < -0.39 is 12.6 Å². The number of furan rings is 1. The van der Waals surface area contributed by atoms with E-state index in [4.69, 9.17) is 4.42 Å². The maximum atomic E-state index is 12.1. The first-order chi connectivity index (χ1) is 10.9. The lowest BCUT2D eigenvalue weighted by atomic mass is 10.2. The molecule has 0 spiro atoms. The third-order valence-electron chi connectivity index (χ3n) is 3.38. The molecule has 0 saturated heterocycles. The predicted molar refractivity (Wildman–Crippen MR) is 85.5 cm³/mol. The minimum atomic E-state index is -4.08. The fourth-order valence-electron chi connectivity index (χ4n) is 1.88. The third-order valence-corrected chi connectivity index (χ3v) is 3.38. The summed E-state index contributed by atoms with van der Waals surface area (Å²) >= 11 is 0. The highest BCUT2D eigenvalue weighted by Crippen LogP contribution is 2.21. The first-order valence-corrected chi connectivity index (χ1v) is 8.04. The molecular formula is C16H26F3N3O. The summed E-state index contributed by atoms with van der Waals surface area (Å²) < 4.78 is 41.5. The van der Waals surface area contributed by atoms with Crippen LogP contribution in [0.1, 0.15) is 45.3 Å². The quantitative estimate of drug-likeness (QED) is 0.409. The zero-order valence-corrected chi connectivity index (χ0v) is 13.7. The highest BCUT2D eigenvalue weighted by Gasteiger charge is 2.25. The third kappa shape index (κ3) is 9.86. The number of nitrogens with zero attached hydrogens (tertiary/aromatic N) is 1. The molecule has 0 saturated carbocycles. The minimum absolute atomic E-state index is 0.107. The molecule has 0 aliphatic carbocycles. The summed E-state index contributed by atoms with van der Waals surface area (Å²) in [6, 6.07) is 3.99. The number of unbranched alkanes of at least 4 members (excludes halogenated alkanes) is 1. The van der Waals surface area contributed by atoms with Crippen LogP contribution in [0, 0.1) is 0 Å². The Morgan fingerprint density at radius 2 is 2.13 bits per heavy atom. The first kappa shape index (κ1) is 19.4. The minimum Gasteiger partial charge on any atom is -0.469 e. The van der Waals surface area contributed by atoms with E-state index in [1.54, 1.807) is 6.26 Å². The van der Waals surface area contributed by atoms with Crippen LogP contribution in [0.3, 0.4) is 0 Å². The van der Waals surface area contributed by atoms with E-state index in [0.29, 0.717) is 25.5 Å². The van der Waals surface area contributed by atoms with E-state index in [1.165, 1.54) is 0 Å². The summed E-state index contributed by atoms with van der Waals surface area (Å²) in [5, 5.41) is 6.43. The number of hydrogen-bond acceptors (Lipinski definition) is 2. The second-order valence-corrected chi connectivity index (χ2v) is 5.51. The maximum Gasteiger partial charge on any atom is 0.389 e. The van der Waals surface area contributed by atoms with Gasteiger partial charge in [0.05, 0.1) is 6.26 Å². The molecule has 132 valence electrons. The molecule has 0 radical (unpaired) electrons. The van der Waals surface area contributed by atoms with Gasteiger partial charge in [0.2, 0.25) is 0 Å². The Balaban J connectivity index is 2.35. The SMILES string of the molecule is CCC(C)NC(=NCCCCC(F)(F)F)NCCc1ccco1. The van der Waals surface area contributed by atoms with E-state index in [1.807, 2.05) is 19.1 Å². The van der Waals surface area contributed by atoms with E-state index in [0.717, 1.165) is 18.6 Å². The van der Waals surface area contributed by atoms with Gasteiger partial charge in [0, 0.05) is 32.0 Å². The van der Waals surface area contributed by atoms with Gasteiger partial charge in [0.15, 0.2) is 5.96 Å². The van der Waals surface area contributed by atoms with Crippen molar-refractivity contribution in [2.45, 2.75) is 58.2 Å². The summed E-state index contributed by atoms with van der Waals surface area (Å²) in [4.78, 5) is 4.35. The van der Waals surface area contributed by atoms with Crippen molar-refractivity contribution in [1.82, 2.24) is 10.6 Å². The normalized spacial score (nSPS) is 13.9. The molecule has 1 rings (SSSR count). The number of hydrogen-bond donors (Lipinski definition) is 2. The molecule has 0 aliphatic heterocycles. The predicted octanol–water partition coefficient (Wildman–Crippen LogP) is 3.89. The molecular weight excluding hydrogens is 307 g/mol. The van der Waals surface area contributed by atoms with Gasteiger partial charge in [0.1, 0.15) is 5.76 Å². The van der Waals surface area contributed by atoms with Crippen molar-refractivity contribution in [2.75, 3.05) is 13.1 Å². The lowest BCUT2D eigenvalue weighted by molar-refractivity contribution is -0.135. The summed E-state index contributed by atoms with van der Waals surface area (Å²) in [6.45, 7) is 5.12. The van der Waals surface area contributed by atoms with Gasteiger partial charge in [-0.2, -0.15) is 13.2 Å². The van der Waals surface area contributed by atoms with Crippen LogP contribution in [0.25, 0.3) is 0 Å². The maximum absolute atomic E-state index is 12.1. The summed E-state index contributed by atoms with van der Waals surface area (Å²) in [6.07, 6.45) is -1.01. The largest absolute Gasteiger partial charge is 0.469 e. The Hall–Kier alpha value is -1.66. The molecule has 0 aromatic carbocycles. The highest BCUT2D eigenvalue weighted by atomic mass is 19.4.